The Morgan fingerprint density at radius 3 is 2.24 bits per heavy atom. The molecule has 0 saturated carbocycles. The minimum Gasteiger partial charge on any atom is -0.207 e. The summed E-state index contributed by atoms with van der Waals surface area (Å²) in [6.07, 6.45) is 0.916. The highest BCUT2D eigenvalue weighted by Gasteiger charge is 2.15. The lowest BCUT2D eigenvalue weighted by Crippen LogP contribution is -2.11. The highest BCUT2D eigenvalue weighted by atomic mass is 79.9. The number of halogens is 2. The second-order valence-corrected chi connectivity index (χ2v) is 7.20. The van der Waals surface area contributed by atoms with Gasteiger partial charge in [0.05, 0.1) is 0 Å². The van der Waals surface area contributed by atoms with Gasteiger partial charge in [-0.15, -0.1) is 0 Å². The summed E-state index contributed by atoms with van der Waals surface area (Å²) in [6, 6.07) is 15.7. The molecule has 0 saturated heterocycles. The van der Waals surface area contributed by atoms with Crippen molar-refractivity contribution in [1.29, 1.82) is 0 Å². The largest absolute Gasteiger partial charge is 0.207 e. The summed E-state index contributed by atoms with van der Waals surface area (Å²) >= 11 is 3.56. The van der Waals surface area contributed by atoms with Crippen molar-refractivity contribution in [2.24, 2.45) is 0 Å². The van der Waals surface area contributed by atoms with E-state index in [0.29, 0.717) is 5.92 Å². The van der Waals surface area contributed by atoms with Crippen molar-refractivity contribution in [3.8, 4) is 0 Å². The molecule has 0 aromatic heterocycles. The normalized spacial score (nSPS) is 13.2. The Bertz CT molecular complexity index is 581. The Balaban J connectivity index is 2.15. The lowest BCUT2D eigenvalue weighted by atomic mass is 9.85. The molecule has 0 nitrogen and oxygen atoms in total. The molecule has 0 spiro atoms. The molecule has 0 bridgehead atoms. The lowest BCUT2D eigenvalue weighted by Gasteiger charge is -2.20. The summed E-state index contributed by atoms with van der Waals surface area (Å²) in [5.41, 5.74) is 3.85. The van der Waals surface area contributed by atoms with Gasteiger partial charge in [-0.3, -0.25) is 0 Å². The SMILES string of the molecule is CC(C)(C)c1ccc(CC(CBr)c2cccc(F)c2)cc1. The first-order valence-corrected chi connectivity index (χ1v) is 8.43. The van der Waals surface area contributed by atoms with Crippen LogP contribution in [-0.2, 0) is 11.8 Å². The molecule has 2 heteroatoms. The summed E-state index contributed by atoms with van der Waals surface area (Å²) in [5, 5.41) is 0.831. The van der Waals surface area contributed by atoms with Crippen LogP contribution in [0.5, 0.6) is 0 Å². The van der Waals surface area contributed by atoms with Gasteiger partial charge in [0.25, 0.3) is 0 Å². The van der Waals surface area contributed by atoms with Crippen LogP contribution in [0.2, 0.25) is 0 Å². The van der Waals surface area contributed by atoms with Crippen LogP contribution >= 0.6 is 15.9 Å². The van der Waals surface area contributed by atoms with Crippen molar-refractivity contribution >= 4 is 15.9 Å². The molecule has 0 aliphatic carbocycles. The van der Waals surface area contributed by atoms with Crippen molar-refractivity contribution in [2.75, 3.05) is 5.33 Å². The van der Waals surface area contributed by atoms with Gasteiger partial charge < -0.3 is 0 Å². The number of benzene rings is 2. The van der Waals surface area contributed by atoms with E-state index in [4.69, 9.17) is 0 Å². The third-order valence-electron chi connectivity index (χ3n) is 3.81. The van der Waals surface area contributed by atoms with Crippen molar-refractivity contribution in [2.45, 2.75) is 38.5 Å². The fraction of sp³-hybridized carbons (Fsp3) is 0.368. The molecule has 0 radical (unpaired) electrons. The van der Waals surface area contributed by atoms with Gasteiger partial charge in [0.2, 0.25) is 0 Å². The third kappa shape index (κ3) is 4.41. The van der Waals surface area contributed by atoms with E-state index in [1.165, 1.54) is 17.2 Å². The first-order chi connectivity index (χ1) is 9.90. The molecule has 1 unspecified atom stereocenters. The first kappa shape index (κ1) is 16.2. The molecule has 0 amide bonds. The number of hydrogen-bond acceptors (Lipinski definition) is 0. The predicted octanol–water partition coefficient (Wildman–Crippen LogP) is 5.84. The molecule has 0 aliphatic rings. The van der Waals surface area contributed by atoms with E-state index in [9.17, 15) is 4.39 Å². The monoisotopic (exact) mass is 348 g/mol. The molecule has 0 fully saturated rings. The average Bonchev–Trinajstić information content (AvgIpc) is 2.44. The average molecular weight is 349 g/mol. The fourth-order valence-electron chi connectivity index (χ4n) is 2.45. The summed E-state index contributed by atoms with van der Waals surface area (Å²) in [4.78, 5) is 0. The third-order valence-corrected chi connectivity index (χ3v) is 4.59. The molecule has 2 rings (SSSR count). The number of rotatable bonds is 4. The van der Waals surface area contributed by atoms with Crippen LogP contribution in [-0.4, -0.2) is 5.33 Å². The molecule has 112 valence electrons. The molecule has 0 heterocycles. The number of hydrogen-bond donors (Lipinski definition) is 0. The smallest absolute Gasteiger partial charge is 0.123 e. The minimum absolute atomic E-state index is 0.165. The Morgan fingerprint density at radius 2 is 1.71 bits per heavy atom. The number of alkyl halides is 1. The van der Waals surface area contributed by atoms with Crippen LogP contribution in [0, 0.1) is 5.82 Å². The maximum atomic E-state index is 13.4. The van der Waals surface area contributed by atoms with Gasteiger partial charge in [0.15, 0.2) is 0 Å². The first-order valence-electron chi connectivity index (χ1n) is 7.31. The van der Waals surface area contributed by atoms with Crippen LogP contribution in [0.4, 0.5) is 4.39 Å². The zero-order valence-corrected chi connectivity index (χ0v) is 14.5. The standard InChI is InChI=1S/C19H22BrF/c1-19(2,3)17-9-7-14(8-10-17)11-16(13-20)15-5-4-6-18(21)12-15/h4-10,12,16H,11,13H2,1-3H3. The lowest BCUT2D eigenvalue weighted by molar-refractivity contribution is 0.589. The molecule has 0 aliphatic heterocycles. The summed E-state index contributed by atoms with van der Waals surface area (Å²) in [6.45, 7) is 6.65. The molecule has 2 aromatic rings. The van der Waals surface area contributed by atoms with Crippen LogP contribution in [0.3, 0.4) is 0 Å². The highest BCUT2D eigenvalue weighted by Crippen LogP contribution is 2.26. The van der Waals surface area contributed by atoms with Gasteiger partial charge in [-0.1, -0.05) is 73.1 Å². The van der Waals surface area contributed by atoms with Gasteiger partial charge in [0, 0.05) is 5.33 Å². The van der Waals surface area contributed by atoms with E-state index < -0.39 is 0 Å². The Hall–Kier alpha value is -1.15. The van der Waals surface area contributed by atoms with Crippen LogP contribution < -0.4 is 0 Å². The maximum Gasteiger partial charge on any atom is 0.123 e. The van der Waals surface area contributed by atoms with Crippen LogP contribution in [0.15, 0.2) is 48.5 Å². The zero-order chi connectivity index (χ0) is 15.5. The quantitative estimate of drug-likeness (QED) is 0.608. The summed E-state index contributed by atoms with van der Waals surface area (Å²) in [7, 11) is 0. The Morgan fingerprint density at radius 1 is 1.05 bits per heavy atom. The highest BCUT2D eigenvalue weighted by molar-refractivity contribution is 9.09. The molecular formula is C19H22BrF. The van der Waals surface area contributed by atoms with Crippen molar-refractivity contribution in [1.82, 2.24) is 0 Å². The van der Waals surface area contributed by atoms with Gasteiger partial charge in [-0.25, -0.2) is 4.39 Å². The van der Waals surface area contributed by atoms with E-state index in [2.05, 4.69) is 61.0 Å². The van der Waals surface area contributed by atoms with E-state index >= 15 is 0 Å². The molecule has 0 N–H and O–H groups in total. The van der Waals surface area contributed by atoms with E-state index in [1.807, 2.05) is 6.07 Å². The Labute approximate surface area is 135 Å². The van der Waals surface area contributed by atoms with E-state index in [0.717, 1.165) is 17.3 Å². The van der Waals surface area contributed by atoms with Gasteiger partial charge in [0.1, 0.15) is 5.82 Å². The minimum atomic E-state index is -0.165. The van der Waals surface area contributed by atoms with Gasteiger partial charge >= 0.3 is 0 Å². The van der Waals surface area contributed by atoms with Crippen LogP contribution in [0.25, 0.3) is 0 Å². The Kier molecular flexibility index (Phi) is 5.21. The van der Waals surface area contributed by atoms with Crippen molar-refractivity contribution in [3.63, 3.8) is 0 Å². The molecule has 21 heavy (non-hydrogen) atoms. The maximum absolute atomic E-state index is 13.4. The van der Waals surface area contributed by atoms with E-state index in [-0.39, 0.29) is 11.2 Å². The van der Waals surface area contributed by atoms with Crippen molar-refractivity contribution < 1.29 is 4.39 Å². The topological polar surface area (TPSA) is 0 Å². The zero-order valence-electron chi connectivity index (χ0n) is 12.9. The molecular weight excluding hydrogens is 327 g/mol. The van der Waals surface area contributed by atoms with Crippen LogP contribution in [0.1, 0.15) is 43.4 Å². The molecule has 1 atom stereocenters. The van der Waals surface area contributed by atoms with Gasteiger partial charge in [-0.2, -0.15) is 0 Å². The molecule has 2 aromatic carbocycles. The summed E-state index contributed by atoms with van der Waals surface area (Å²) < 4.78 is 13.4. The van der Waals surface area contributed by atoms with E-state index in [1.54, 1.807) is 12.1 Å². The van der Waals surface area contributed by atoms with Gasteiger partial charge in [-0.05, 0) is 46.6 Å². The second kappa shape index (κ2) is 6.74. The second-order valence-electron chi connectivity index (χ2n) is 6.56. The van der Waals surface area contributed by atoms with Crippen molar-refractivity contribution in [3.05, 3.63) is 71.0 Å². The predicted molar refractivity (Wildman–Crippen MR) is 91.8 cm³/mol. The summed E-state index contributed by atoms with van der Waals surface area (Å²) in [5.74, 6) is 0.128. The fourth-order valence-corrected chi connectivity index (χ4v) is 3.05.